The smallest absolute Gasteiger partial charge is 0.337 e. The molecule has 0 bridgehead atoms. The summed E-state index contributed by atoms with van der Waals surface area (Å²) in [6.07, 6.45) is 0. The second-order valence-electron chi connectivity index (χ2n) is 3.96. The molecule has 0 aliphatic rings. The summed E-state index contributed by atoms with van der Waals surface area (Å²) in [4.78, 5) is 26.6. The van der Waals surface area contributed by atoms with Crippen molar-refractivity contribution < 1.29 is 9.53 Å². The first-order chi connectivity index (χ1) is 8.04. The fraction of sp³-hybridized carbons (Fsp3) is 0.231. The number of nitrogens with one attached hydrogen (secondary N) is 1. The highest BCUT2D eigenvalue weighted by Crippen LogP contribution is 2.13. The van der Waals surface area contributed by atoms with E-state index in [-0.39, 0.29) is 5.43 Å². The van der Waals surface area contributed by atoms with Gasteiger partial charge in [0, 0.05) is 22.2 Å². The van der Waals surface area contributed by atoms with Gasteiger partial charge in [0.25, 0.3) is 0 Å². The Balaban J connectivity index is 2.78. The third-order valence-corrected chi connectivity index (χ3v) is 2.91. The summed E-state index contributed by atoms with van der Waals surface area (Å²) in [6.45, 7) is 3.61. The van der Waals surface area contributed by atoms with Gasteiger partial charge in [-0.15, -0.1) is 0 Å². The van der Waals surface area contributed by atoms with E-state index < -0.39 is 5.97 Å². The summed E-state index contributed by atoms with van der Waals surface area (Å²) in [5, 5.41) is 0.510. The van der Waals surface area contributed by atoms with Gasteiger partial charge in [-0.1, -0.05) is 0 Å². The molecule has 17 heavy (non-hydrogen) atoms. The van der Waals surface area contributed by atoms with Gasteiger partial charge in [0.05, 0.1) is 12.7 Å². The zero-order valence-electron chi connectivity index (χ0n) is 9.96. The highest BCUT2D eigenvalue weighted by Gasteiger charge is 2.10. The van der Waals surface area contributed by atoms with Crippen molar-refractivity contribution in [1.29, 1.82) is 0 Å². The predicted molar refractivity (Wildman–Crippen MR) is 65.4 cm³/mol. The molecule has 1 aromatic carbocycles. The number of ether oxygens (including phenoxy) is 1. The Bertz CT molecular complexity index is 655. The number of fused-ring (bicyclic) bond motifs is 1. The molecule has 1 N–H and O–H groups in total. The van der Waals surface area contributed by atoms with Crippen LogP contribution in [0, 0.1) is 13.8 Å². The van der Waals surface area contributed by atoms with Gasteiger partial charge in [0.2, 0.25) is 0 Å². The first-order valence-corrected chi connectivity index (χ1v) is 5.26. The fourth-order valence-corrected chi connectivity index (χ4v) is 1.75. The molecule has 0 atom stereocenters. The third kappa shape index (κ3) is 1.82. The summed E-state index contributed by atoms with van der Waals surface area (Å²) >= 11 is 0. The zero-order chi connectivity index (χ0) is 12.6. The van der Waals surface area contributed by atoms with Crippen LogP contribution in [0.3, 0.4) is 0 Å². The maximum atomic E-state index is 12.0. The number of methoxy groups -OCH3 is 1. The largest absolute Gasteiger partial charge is 0.465 e. The number of carbonyl (C=O) groups excluding carboxylic acids is 1. The number of esters is 1. The Morgan fingerprint density at radius 3 is 2.65 bits per heavy atom. The minimum absolute atomic E-state index is 0.0537. The van der Waals surface area contributed by atoms with Crippen LogP contribution in [-0.2, 0) is 4.74 Å². The summed E-state index contributed by atoms with van der Waals surface area (Å²) in [5.41, 5.74) is 2.56. The Kier molecular flexibility index (Phi) is 2.71. The van der Waals surface area contributed by atoms with Crippen LogP contribution in [0.4, 0.5) is 0 Å². The predicted octanol–water partition coefficient (Wildman–Crippen LogP) is 1.93. The second kappa shape index (κ2) is 4.05. The number of carbonyl (C=O) groups is 1. The molecule has 0 fully saturated rings. The van der Waals surface area contributed by atoms with Gasteiger partial charge in [0.1, 0.15) is 0 Å². The molecule has 0 amide bonds. The topological polar surface area (TPSA) is 59.2 Å². The summed E-state index contributed by atoms with van der Waals surface area (Å²) in [6, 6.07) is 4.92. The monoisotopic (exact) mass is 231 g/mol. The molecule has 2 rings (SSSR count). The standard InChI is InChI=1S/C13H13NO3/c1-7-8(2)14-11-5-4-9(13(16)17-3)6-10(11)12(7)15/h4-6H,1-3H3,(H,14,15). The SMILES string of the molecule is COC(=O)c1ccc2[nH]c(C)c(C)c(=O)c2c1. The first-order valence-electron chi connectivity index (χ1n) is 5.26. The first kappa shape index (κ1) is 11.4. The average Bonchev–Trinajstić information content (AvgIpc) is 2.35. The quantitative estimate of drug-likeness (QED) is 0.763. The van der Waals surface area contributed by atoms with Crippen molar-refractivity contribution in [2.24, 2.45) is 0 Å². The van der Waals surface area contributed by atoms with Crippen LogP contribution in [0.1, 0.15) is 21.6 Å². The van der Waals surface area contributed by atoms with Gasteiger partial charge < -0.3 is 9.72 Å². The van der Waals surface area contributed by atoms with Crippen LogP contribution in [0.15, 0.2) is 23.0 Å². The van der Waals surface area contributed by atoms with E-state index in [0.717, 1.165) is 11.2 Å². The van der Waals surface area contributed by atoms with Crippen molar-refractivity contribution in [2.45, 2.75) is 13.8 Å². The lowest BCUT2D eigenvalue weighted by molar-refractivity contribution is 0.0601. The van der Waals surface area contributed by atoms with Crippen LogP contribution < -0.4 is 5.43 Å². The van der Waals surface area contributed by atoms with Crippen molar-refractivity contribution in [3.05, 3.63) is 45.2 Å². The zero-order valence-corrected chi connectivity index (χ0v) is 9.96. The Morgan fingerprint density at radius 1 is 1.29 bits per heavy atom. The summed E-state index contributed by atoms with van der Waals surface area (Å²) in [7, 11) is 1.32. The third-order valence-electron chi connectivity index (χ3n) is 2.91. The molecule has 88 valence electrons. The summed E-state index contributed by atoms with van der Waals surface area (Å²) < 4.78 is 4.63. The lowest BCUT2D eigenvalue weighted by Crippen LogP contribution is -2.11. The molecule has 0 aliphatic carbocycles. The van der Waals surface area contributed by atoms with Gasteiger partial charge in [0.15, 0.2) is 5.43 Å². The molecule has 2 aromatic rings. The molecule has 0 aliphatic heterocycles. The van der Waals surface area contributed by atoms with E-state index in [1.807, 2.05) is 6.92 Å². The minimum Gasteiger partial charge on any atom is -0.465 e. The van der Waals surface area contributed by atoms with Crippen LogP contribution in [0.2, 0.25) is 0 Å². The van der Waals surface area contributed by atoms with Crippen molar-refractivity contribution >= 4 is 16.9 Å². The van der Waals surface area contributed by atoms with Gasteiger partial charge in [-0.05, 0) is 32.0 Å². The molecule has 0 saturated heterocycles. The fourth-order valence-electron chi connectivity index (χ4n) is 1.75. The van der Waals surface area contributed by atoms with Gasteiger partial charge in [-0.2, -0.15) is 0 Å². The lowest BCUT2D eigenvalue weighted by atomic mass is 10.1. The Labute approximate surface area is 98.2 Å². The van der Waals surface area contributed by atoms with Gasteiger partial charge in [-0.25, -0.2) is 4.79 Å². The van der Waals surface area contributed by atoms with Crippen LogP contribution in [-0.4, -0.2) is 18.1 Å². The molecular weight excluding hydrogens is 218 g/mol. The Hall–Kier alpha value is -2.10. The highest BCUT2D eigenvalue weighted by atomic mass is 16.5. The van der Waals surface area contributed by atoms with E-state index in [4.69, 9.17) is 0 Å². The Morgan fingerprint density at radius 2 is 2.00 bits per heavy atom. The normalized spacial score (nSPS) is 10.5. The average molecular weight is 231 g/mol. The molecule has 1 aromatic heterocycles. The van der Waals surface area contributed by atoms with Gasteiger partial charge >= 0.3 is 5.97 Å². The second-order valence-corrected chi connectivity index (χ2v) is 3.96. The molecular formula is C13H13NO3. The van der Waals surface area contributed by atoms with Crippen molar-refractivity contribution in [3.63, 3.8) is 0 Å². The van der Waals surface area contributed by atoms with E-state index in [9.17, 15) is 9.59 Å². The molecule has 0 saturated carbocycles. The van der Waals surface area contributed by atoms with E-state index >= 15 is 0 Å². The molecule has 4 heteroatoms. The van der Waals surface area contributed by atoms with Crippen LogP contribution in [0.25, 0.3) is 10.9 Å². The van der Waals surface area contributed by atoms with E-state index in [0.29, 0.717) is 16.5 Å². The number of aryl methyl sites for hydroxylation is 1. The molecule has 4 nitrogen and oxygen atoms in total. The van der Waals surface area contributed by atoms with E-state index in [1.54, 1.807) is 25.1 Å². The van der Waals surface area contributed by atoms with E-state index in [2.05, 4.69) is 9.72 Å². The van der Waals surface area contributed by atoms with Crippen LogP contribution >= 0.6 is 0 Å². The van der Waals surface area contributed by atoms with Crippen molar-refractivity contribution in [3.8, 4) is 0 Å². The van der Waals surface area contributed by atoms with Crippen molar-refractivity contribution in [2.75, 3.05) is 7.11 Å². The van der Waals surface area contributed by atoms with Gasteiger partial charge in [-0.3, -0.25) is 4.79 Å². The summed E-state index contributed by atoms with van der Waals surface area (Å²) in [5.74, 6) is -0.440. The number of pyridine rings is 1. The van der Waals surface area contributed by atoms with Crippen LogP contribution in [0.5, 0.6) is 0 Å². The number of benzene rings is 1. The number of aromatic nitrogens is 1. The number of aromatic amines is 1. The van der Waals surface area contributed by atoms with E-state index in [1.165, 1.54) is 7.11 Å². The molecule has 0 unspecified atom stereocenters. The minimum atomic E-state index is -0.440. The number of H-pyrrole nitrogens is 1. The highest BCUT2D eigenvalue weighted by molar-refractivity contribution is 5.94. The molecule has 0 radical (unpaired) electrons. The maximum Gasteiger partial charge on any atom is 0.337 e. The maximum absolute atomic E-state index is 12.0. The van der Waals surface area contributed by atoms with Crippen molar-refractivity contribution in [1.82, 2.24) is 4.98 Å². The number of hydrogen-bond donors (Lipinski definition) is 1. The molecule has 1 heterocycles. The molecule has 0 spiro atoms. The number of hydrogen-bond acceptors (Lipinski definition) is 3. The lowest BCUT2D eigenvalue weighted by Gasteiger charge is -2.05. The number of rotatable bonds is 1.